The lowest BCUT2D eigenvalue weighted by Gasteiger charge is -2.18. The van der Waals surface area contributed by atoms with Gasteiger partial charge in [0.25, 0.3) is 0 Å². The SMILES string of the molecule is CC(C)C(NC(=O)CC(O)/C=C/CCS)C(=O)O. The molecule has 0 radical (unpaired) electrons. The third kappa shape index (κ3) is 7.34. The molecular weight excluding hydrogens is 254 g/mol. The van der Waals surface area contributed by atoms with Gasteiger partial charge in [0, 0.05) is 0 Å². The predicted molar refractivity (Wildman–Crippen MR) is 72.6 cm³/mol. The van der Waals surface area contributed by atoms with Crippen LogP contribution in [0.1, 0.15) is 26.7 Å². The second kappa shape index (κ2) is 8.99. The van der Waals surface area contributed by atoms with Crippen molar-refractivity contribution < 1.29 is 19.8 Å². The third-order valence-electron chi connectivity index (χ3n) is 2.30. The molecule has 0 saturated carbocycles. The maximum atomic E-state index is 11.5. The van der Waals surface area contributed by atoms with Gasteiger partial charge in [-0.1, -0.05) is 26.0 Å². The highest BCUT2D eigenvalue weighted by molar-refractivity contribution is 7.80. The highest BCUT2D eigenvalue weighted by Crippen LogP contribution is 2.03. The summed E-state index contributed by atoms with van der Waals surface area (Å²) in [6, 6.07) is -0.925. The molecule has 0 bridgehead atoms. The molecule has 2 atom stereocenters. The Kier molecular flexibility index (Phi) is 8.49. The first-order valence-corrected chi connectivity index (χ1v) is 6.49. The summed E-state index contributed by atoms with van der Waals surface area (Å²) >= 11 is 4.01. The van der Waals surface area contributed by atoms with E-state index in [0.29, 0.717) is 12.2 Å². The van der Waals surface area contributed by atoms with E-state index in [1.54, 1.807) is 19.9 Å². The van der Waals surface area contributed by atoms with E-state index in [1.165, 1.54) is 6.08 Å². The second-order valence-corrected chi connectivity index (χ2v) is 4.79. The molecule has 0 aromatic carbocycles. The van der Waals surface area contributed by atoms with Crippen molar-refractivity contribution in [3.63, 3.8) is 0 Å². The van der Waals surface area contributed by atoms with Crippen LogP contribution in [0.5, 0.6) is 0 Å². The van der Waals surface area contributed by atoms with Crippen molar-refractivity contribution in [2.45, 2.75) is 38.8 Å². The smallest absolute Gasteiger partial charge is 0.326 e. The first kappa shape index (κ1) is 17.0. The fourth-order valence-corrected chi connectivity index (χ4v) is 1.48. The van der Waals surface area contributed by atoms with Crippen molar-refractivity contribution in [2.24, 2.45) is 5.92 Å². The van der Waals surface area contributed by atoms with Crippen molar-refractivity contribution >= 4 is 24.5 Å². The Balaban J connectivity index is 4.20. The third-order valence-corrected chi connectivity index (χ3v) is 2.56. The van der Waals surface area contributed by atoms with Gasteiger partial charge < -0.3 is 15.5 Å². The number of nitrogens with one attached hydrogen (secondary N) is 1. The molecule has 5 nitrogen and oxygen atoms in total. The van der Waals surface area contributed by atoms with Gasteiger partial charge in [-0.3, -0.25) is 4.79 Å². The van der Waals surface area contributed by atoms with Gasteiger partial charge in [0.05, 0.1) is 12.5 Å². The van der Waals surface area contributed by atoms with E-state index in [1.807, 2.05) is 0 Å². The number of amides is 1. The lowest BCUT2D eigenvalue weighted by atomic mass is 10.0. The molecule has 1 amide bonds. The zero-order chi connectivity index (χ0) is 14.1. The number of aliphatic hydroxyl groups is 1. The number of carboxylic acids is 1. The topological polar surface area (TPSA) is 86.6 Å². The number of thiol groups is 1. The van der Waals surface area contributed by atoms with Crippen LogP contribution in [0.25, 0.3) is 0 Å². The first-order chi connectivity index (χ1) is 8.38. The predicted octanol–water partition coefficient (Wildman–Crippen LogP) is 0.839. The van der Waals surface area contributed by atoms with Crippen molar-refractivity contribution in [1.29, 1.82) is 0 Å². The van der Waals surface area contributed by atoms with Gasteiger partial charge in [-0.15, -0.1) is 0 Å². The van der Waals surface area contributed by atoms with Crippen molar-refractivity contribution in [2.75, 3.05) is 5.75 Å². The second-order valence-electron chi connectivity index (χ2n) is 4.34. The highest BCUT2D eigenvalue weighted by Gasteiger charge is 2.23. The summed E-state index contributed by atoms with van der Waals surface area (Å²) in [6.45, 7) is 3.42. The molecule has 0 aromatic heterocycles. The van der Waals surface area contributed by atoms with Gasteiger partial charge in [-0.05, 0) is 18.1 Å². The minimum absolute atomic E-state index is 0.139. The van der Waals surface area contributed by atoms with E-state index in [4.69, 9.17) is 5.11 Å². The van der Waals surface area contributed by atoms with Crippen LogP contribution in [-0.4, -0.2) is 40.0 Å². The summed E-state index contributed by atoms with van der Waals surface area (Å²) in [5, 5.41) is 20.8. The normalized spacial score (nSPS) is 14.7. The standard InChI is InChI=1S/C12H21NO4S/c1-8(2)11(12(16)17)13-10(15)7-9(14)5-3-4-6-18/h3,5,8-9,11,14,18H,4,6-7H2,1-2H3,(H,13,15)(H,16,17)/b5-3+. The monoisotopic (exact) mass is 275 g/mol. The summed E-state index contributed by atoms with van der Waals surface area (Å²) in [4.78, 5) is 22.4. The Hall–Kier alpha value is -1.01. The number of carbonyl (C=O) groups excluding carboxylic acids is 1. The summed E-state index contributed by atoms with van der Waals surface area (Å²) < 4.78 is 0. The molecule has 0 fully saturated rings. The van der Waals surface area contributed by atoms with Crippen LogP contribution in [0, 0.1) is 5.92 Å². The van der Waals surface area contributed by atoms with E-state index in [2.05, 4.69) is 17.9 Å². The van der Waals surface area contributed by atoms with Crippen LogP contribution in [-0.2, 0) is 9.59 Å². The molecule has 3 N–H and O–H groups in total. The average molecular weight is 275 g/mol. The van der Waals surface area contributed by atoms with Crippen molar-refractivity contribution in [1.82, 2.24) is 5.32 Å². The summed E-state index contributed by atoms with van der Waals surface area (Å²) in [5.41, 5.74) is 0. The zero-order valence-electron chi connectivity index (χ0n) is 10.7. The highest BCUT2D eigenvalue weighted by atomic mass is 32.1. The molecule has 2 unspecified atom stereocenters. The van der Waals surface area contributed by atoms with Gasteiger partial charge in [0.15, 0.2) is 0 Å². The van der Waals surface area contributed by atoms with Gasteiger partial charge in [-0.2, -0.15) is 12.6 Å². The van der Waals surface area contributed by atoms with Crippen LogP contribution in [0.4, 0.5) is 0 Å². The van der Waals surface area contributed by atoms with Crippen LogP contribution < -0.4 is 5.32 Å². The van der Waals surface area contributed by atoms with Crippen LogP contribution >= 0.6 is 12.6 Å². The minimum atomic E-state index is -1.07. The number of carboxylic acid groups (broad SMARTS) is 1. The summed E-state index contributed by atoms with van der Waals surface area (Å²) in [6.07, 6.45) is 2.93. The fourth-order valence-electron chi connectivity index (χ4n) is 1.33. The molecule has 6 heteroatoms. The number of aliphatic hydroxyl groups excluding tert-OH is 1. The molecule has 0 spiro atoms. The lowest BCUT2D eigenvalue weighted by Crippen LogP contribution is -2.45. The van der Waals surface area contributed by atoms with Gasteiger partial charge in [-0.25, -0.2) is 4.79 Å². The number of hydrogen-bond acceptors (Lipinski definition) is 4. The van der Waals surface area contributed by atoms with Gasteiger partial charge >= 0.3 is 5.97 Å². The molecule has 0 rings (SSSR count). The number of carbonyl (C=O) groups is 2. The molecule has 18 heavy (non-hydrogen) atoms. The average Bonchev–Trinajstić information content (AvgIpc) is 2.25. The molecule has 0 aliphatic rings. The molecule has 0 aliphatic heterocycles. The van der Waals surface area contributed by atoms with Crippen LogP contribution in [0.2, 0.25) is 0 Å². The number of aliphatic carboxylic acids is 1. The van der Waals surface area contributed by atoms with E-state index < -0.39 is 24.0 Å². The van der Waals surface area contributed by atoms with E-state index in [-0.39, 0.29) is 12.3 Å². The van der Waals surface area contributed by atoms with Crippen LogP contribution in [0.15, 0.2) is 12.2 Å². The van der Waals surface area contributed by atoms with Gasteiger partial charge in [0.1, 0.15) is 6.04 Å². The van der Waals surface area contributed by atoms with Gasteiger partial charge in [0.2, 0.25) is 5.91 Å². The Morgan fingerprint density at radius 2 is 2.00 bits per heavy atom. The maximum Gasteiger partial charge on any atom is 0.326 e. The molecule has 0 aromatic rings. The molecule has 104 valence electrons. The largest absolute Gasteiger partial charge is 0.480 e. The molecule has 0 saturated heterocycles. The number of allylic oxidation sites excluding steroid dienone is 1. The maximum absolute atomic E-state index is 11.5. The molecule has 0 aliphatic carbocycles. The van der Waals surface area contributed by atoms with E-state index in [9.17, 15) is 14.7 Å². The van der Waals surface area contributed by atoms with E-state index >= 15 is 0 Å². The van der Waals surface area contributed by atoms with E-state index in [0.717, 1.165) is 0 Å². The Bertz CT molecular complexity index is 304. The summed E-state index contributed by atoms with van der Waals surface area (Å²) in [7, 11) is 0. The number of rotatable bonds is 8. The minimum Gasteiger partial charge on any atom is -0.480 e. The quantitative estimate of drug-likeness (QED) is 0.390. The molecule has 0 heterocycles. The lowest BCUT2D eigenvalue weighted by molar-refractivity contribution is -0.143. The Labute approximate surface area is 113 Å². The van der Waals surface area contributed by atoms with Crippen LogP contribution in [0.3, 0.4) is 0 Å². The number of hydrogen-bond donors (Lipinski definition) is 4. The Morgan fingerprint density at radius 1 is 1.39 bits per heavy atom. The zero-order valence-corrected chi connectivity index (χ0v) is 11.6. The molecular formula is C12H21NO4S. The van der Waals surface area contributed by atoms with Crippen molar-refractivity contribution in [3.05, 3.63) is 12.2 Å². The summed E-state index contributed by atoms with van der Waals surface area (Å²) in [5.74, 6) is -1.08. The van der Waals surface area contributed by atoms with Crippen molar-refractivity contribution in [3.8, 4) is 0 Å². The first-order valence-electron chi connectivity index (χ1n) is 5.86. The Morgan fingerprint density at radius 3 is 2.44 bits per heavy atom. The fraction of sp³-hybridized carbons (Fsp3) is 0.667.